The molecule has 3 aliphatic heterocycles. The molecule has 0 spiro atoms. The van der Waals surface area contributed by atoms with Crippen molar-refractivity contribution in [3.63, 3.8) is 0 Å². The zero-order valence-electron chi connectivity index (χ0n) is 22.4. The molecular formula is C33H45CrO3. The number of hydrogen-bond acceptors (Lipinski definition) is 3. The molecule has 0 atom stereocenters. The third kappa shape index (κ3) is 25.1. The Labute approximate surface area is 237 Å². The van der Waals surface area contributed by atoms with Crippen LogP contribution in [-0.4, -0.2) is 39.6 Å². The van der Waals surface area contributed by atoms with Crippen LogP contribution in [0.3, 0.4) is 0 Å². The van der Waals surface area contributed by atoms with Crippen molar-refractivity contribution in [3.05, 3.63) is 128 Å². The standard InChI is InChI=1S/3C7H7.3C4H8O.Cr/c3*1-7-5-3-2-4-6-7;3*1-2-4-5-3-1;/h3*2-6H,1H2;3*1-4H2;/q3*-1;;;;+3. The Morgan fingerprint density at radius 1 is 0.351 bits per heavy atom. The molecule has 3 aromatic carbocycles. The first-order chi connectivity index (χ1) is 17.7. The molecule has 201 valence electrons. The van der Waals surface area contributed by atoms with Crippen LogP contribution in [0.2, 0.25) is 0 Å². The van der Waals surface area contributed by atoms with E-state index in [1.165, 1.54) is 38.5 Å². The Morgan fingerprint density at radius 2 is 0.541 bits per heavy atom. The third-order valence-corrected chi connectivity index (χ3v) is 5.01. The first-order valence-corrected chi connectivity index (χ1v) is 13.0. The smallest absolute Gasteiger partial charge is 0.381 e. The van der Waals surface area contributed by atoms with E-state index in [2.05, 4.69) is 20.8 Å². The molecule has 3 nitrogen and oxygen atoms in total. The molecular weight excluding hydrogens is 496 g/mol. The summed E-state index contributed by atoms with van der Waals surface area (Å²) in [6.07, 6.45) is 7.67. The molecule has 1 radical (unpaired) electrons. The van der Waals surface area contributed by atoms with E-state index < -0.39 is 0 Å². The van der Waals surface area contributed by atoms with Crippen LogP contribution in [0.25, 0.3) is 0 Å². The molecule has 0 bridgehead atoms. The molecule has 6 rings (SSSR count). The van der Waals surface area contributed by atoms with Crippen molar-refractivity contribution in [1.82, 2.24) is 0 Å². The summed E-state index contributed by atoms with van der Waals surface area (Å²) in [4.78, 5) is 0. The normalized spacial score (nSPS) is 14.6. The predicted molar refractivity (Wildman–Crippen MR) is 153 cm³/mol. The minimum atomic E-state index is 0. The number of rotatable bonds is 0. The van der Waals surface area contributed by atoms with Crippen LogP contribution in [0.15, 0.2) is 91.0 Å². The van der Waals surface area contributed by atoms with E-state index in [1.807, 2.05) is 91.0 Å². The molecule has 0 aromatic heterocycles. The summed E-state index contributed by atoms with van der Waals surface area (Å²) < 4.78 is 14.8. The first-order valence-electron chi connectivity index (χ1n) is 13.0. The van der Waals surface area contributed by atoms with E-state index in [9.17, 15) is 0 Å². The van der Waals surface area contributed by atoms with Gasteiger partial charge in [0.05, 0.1) is 0 Å². The van der Waals surface area contributed by atoms with Gasteiger partial charge in [-0.05, 0) is 38.5 Å². The van der Waals surface area contributed by atoms with Crippen molar-refractivity contribution in [2.75, 3.05) is 39.6 Å². The summed E-state index contributed by atoms with van der Waals surface area (Å²) in [5.74, 6) is 0. The van der Waals surface area contributed by atoms with E-state index in [0.717, 1.165) is 56.3 Å². The third-order valence-electron chi connectivity index (χ3n) is 5.01. The minimum Gasteiger partial charge on any atom is -0.381 e. The van der Waals surface area contributed by atoms with Gasteiger partial charge in [0.1, 0.15) is 0 Å². The van der Waals surface area contributed by atoms with Gasteiger partial charge >= 0.3 is 17.4 Å². The monoisotopic (exact) mass is 541 g/mol. The maximum atomic E-state index is 4.94. The molecule has 0 saturated carbocycles. The molecule has 3 saturated heterocycles. The Bertz CT molecular complexity index is 665. The summed E-state index contributed by atoms with van der Waals surface area (Å²) >= 11 is 0. The van der Waals surface area contributed by atoms with Gasteiger partial charge in [-0.3, -0.25) is 0 Å². The first kappa shape index (κ1) is 34.7. The van der Waals surface area contributed by atoms with E-state index in [4.69, 9.17) is 14.2 Å². The van der Waals surface area contributed by atoms with Gasteiger partial charge in [0, 0.05) is 39.6 Å². The van der Waals surface area contributed by atoms with E-state index in [-0.39, 0.29) is 17.4 Å². The Morgan fingerprint density at radius 3 is 0.622 bits per heavy atom. The van der Waals surface area contributed by atoms with Crippen LogP contribution in [0.5, 0.6) is 0 Å². The Kier molecular flexibility index (Phi) is 25.1. The average Bonchev–Trinajstić information content (AvgIpc) is 3.73. The summed E-state index contributed by atoms with van der Waals surface area (Å²) in [5, 5.41) is 0. The largest absolute Gasteiger partial charge is 3.00 e. The van der Waals surface area contributed by atoms with Crippen LogP contribution in [-0.2, 0) is 31.6 Å². The van der Waals surface area contributed by atoms with Crippen molar-refractivity contribution in [2.45, 2.75) is 38.5 Å². The van der Waals surface area contributed by atoms with Gasteiger partial charge in [0.15, 0.2) is 0 Å². The van der Waals surface area contributed by atoms with Gasteiger partial charge in [0.25, 0.3) is 0 Å². The molecule has 3 heterocycles. The van der Waals surface area contributed by atoms with E-state index in [1.54, 1.807) is 0 Å². The Balaban J connectivity index is 0.000000421. The number of hydrogen-bond donors (Lipinski definition) is 0. The molecule has 0 N–H and O–H groups in total. The van der Waals surface area contributed by atoms with Crippen molar-refractivity contribution in [1.29, 1.82) is 0 Å². The number of benzene rings is 3. The van der Waals surface area contributed by atoms with E-state index >= 15 is 0 Å². The molecule has 0 aliphatic carbocycles. The SMILES string of the molecule is C1CCOC1.C1CCOC1.C1CCOC1.[CH2-]c1ccccc1.[CH2-]c1ccccc1.[CH2-]c1ccccc1.[Cr+3]. The summed E-state index contributed by atoms with van der Waals surface area (Å²) in [6, 6.07) is 29.6. The summed E-state index contributed by atoms with van der Waals surface area (Å²) in [5.41, 5.74) is 3.22. The Hall–Kier alpha value is -2.32. The van der Waals surface area contributed by atoms with Crippen molar-refractivity contribution in [3.8, 4) is 0 Å². The fraction of sp³-hybridized carbons (Fsp3) is 0.364. The zero-order valence-corrected chi connectivity index (χ0v) is 23.7. The van der Waals surface area contributed by atoms with Crippen molar-refractivity contribution < 1.29 is 31.6 Å². The van der Waals surface area contributed by atoms with Gasteiger partial charge in [-0.2, -0.15) is 73.9 Å². The molecule has 0 unspecified atom stereocenters. The van der Waals surface area contributed by atoms with Crippen molar-refractivity contribution in [2.24, 2.45) is 0 Å². The van der Waals surface area contributed by atoms with Crippen LogP contribution in [0.1, 0.15) is 55.2 Å². The maximum absolute atomic E-state index is 4.94. The van der Waals surface area contributed by atoms with Gasteiger partial charge in [-0.25, -0.2) is 0 Å². The quantitative estimate of drug-likeness (QED) is 0.270. The van der Waals surface area contributed by atoms with Crippen molar-refractivity contribution >= 4 is 0 Å². The second kappa shape index (κ2) is 26.7. The summed E-state index contributed by atoms with van der Waals surface area (Å²) in [6.45, 7) is 17.2. The minimum absolute atomic E-state index is 0. The van der Waals surface area contributed by atoms with E-state index in [0.29, 0.717) is 0 Å². The molecule has 37 heavy (non-hydrogen) atoms. The summed E-state index contributed by atoms with van der Waals surface area (Å²) in [7, 11) is 0. The average molecular weight is 542 g/mol. The fourth-order valence-corrected chi connectivity index (χ4v) is 2.96. The van der Waals surface area contributed by atoms with Gasteiger partial charge in [-0.1, -0.05) is 18.2 Å². The fourth-order valence-electron chi connectivity index (χ4n) is 2.96. The van der Waals surface area contributed by atoms with Gasteiger partial charge in [0.2, 0.25) is 0 Å². The molecule has 3 aromatic rings. The maximum Gasteiger partial charge on any atom is 3.00 e. The topological polar surface area (TPSA) is 27.7 Å². The molecule has 3 fully saturated rings. The van der Waals surface area contributed by atoms with Crippen LogP contribution < -0.4 is 0 Å². The van der Waals surface area contributed by atoms with Crippen LogP contribution in [0.4, 0.5) is 0 Å². The second-order valence-electron chi connectivity index (χ2n) is 8.42. The zero-order chi connectivity index (χ0) is 25.9. The molecule has 4 heteroatoms. The number of ether oxygens (including phenoxy) is 3. The molecule has 3 aliphatic rings. The molecule has 0 amide bonds. The van der Waals surface area contributed by atoms with Gasteiger partial charge in [-0.15, -0.1) is 36.4 Å². The second-order valence-corrected chi connectivity index (χ2v) is 8.42. The van der Waals surface area contributed by atoms with Crippen LogP contribution in [0, 0.1) is 20.8 Å². The van der Waals surface area contributed by atoms with Crippen LogP contribution >= 0.6 is 0 Å². The van der Waals surface area contributed by atoms with Gasteiger partial charge < -0.3 is 14.2 Å². The predicted octanol–water partition coefficient (Wildman–Crippen LogP) is 7.99.